The van der Waals surface area contributed by atoms with Crippen LogP contribution in [0.25, 0.3) is 0 Å². The minimum absolute atomic E-state index is 0.495. The maximum atomic E-state index is 5.78. The van der Waals surface area contributed by atoms with Gasteiger partial charge in [0.1, 0.15) is 4.99 Å². The number of hydrogen-bond acceptors (Lipinski definition) is 2. The lowest BCUT2D eigenvalue weighted by molar-refractivity contribution is 0.825. The third-order valence-corrected chi connectivity index (χ3v) is 3.28. The number of nitrogens with zero attached hydrogens (tertiary/aromatic N) is 1. The highest BCUT2D eigenvalue weighted by atomic mass is 32.1. The van der Waals surface area contributed by atoms with E-state index in [0.29, 0.717) is 11.0 Å². The minimum Gasteiger partial charge on any atom is -0.389 e. The zero-order valence-electron chi connectivity index (χ0n) is 9.86. The maximum absolute atomic E-state index is 5.78. The Bertz CT molecular complexity index is 410. The van der Waals surface area contributed by atoms with Crippen LogP contribution in [0.5, 0.6) is 0 Å². The average molecular weight is 234 g/mol. The van der Waals surface area contributed by atoms with Crippen molar-refractivity contribution in [3.05, 3.63) is 29.3 Å². The fraction of sp³-hybridized carbons (Fsp3) is 0.462. The van der Waals surface area contributed by atoms with Crippen LogP contribution in [0, 0.1) is 6.92 Å². The Morgan fingerprint density at radius 3 is 2.69 bits per heavy atom. The van der Waals surface area contributed by atoms with E-state index in [1.165, 1.54) is 24.1 Å². The number of anilines is 1. The number of thiocarbonyl (C=S) groups is 1. The Hall–Kier alpha value is -1.09. The first-order valence-corrected chi connectivity index (χ1v) is 6.21. The molecular formula is C13H18N2S. The fourth-order valence-electron chi connectivity index (χ4n) is 2.10. The van der Waals surface area contributed by atoms with Crippen molar-refractivity contribution < 1.29 is 0 Å². The van der Waals surface area contributed by atoms with Crippen molar-refractivity contribution in [1.29, 1.82) is 0 Å². The lowest BCUT2D eigenvalue weighted by Crippen LogP contribution is -2.28. The molecule has 0 atom stereocenters. The molecule has 0 saturated heterocycles. The van der Waals surface area contributed by atoms with Crippen molar-refractivity contribution in [3.8, 4) is 0 Å². The van der Waals surface area contributed by atoms with Crippen LogP contribution in [0.1, 0.15) is 30.9 Å². The first kappa shape index (κ1) is 11.4. The van der Waals surface area contributed by atoms with E-state index in [-0.39, 0.29) is 0 Å². The Morgan fingerprint density at radius 1 is 1.50 bits per heavy atom. The first-order chi connectivity index (χ1) is 7.63. The number of aryl methyl sites for hydroxylation is 1. The first-order valence-electron chi connectivity index (χ1n) is 5.80. The Kier molecular flexibility index (Phi) is 3.15. The summed E-state index contributed by atoms with van der Waals surface area (Å²) in [4.78, 5) is 2.91. The molecule has 3 heteroatoms. The van der Waals surface area contributed by atoms with Crippen LogP contribution in [0.15, 0.2) is 18.2 Å². The predicted molar refractivity (Wildman–Crippen MR) is 73.1 cm³/mol. The zero-order chi connectivity index (χ0) is 11.7. The lowest BCUT2D eigenvalue weighted by Gasteiger charge is -2.25. The lowest BCUT2D eigenvalue weighted by atomic mass is 10.1. The molecule has 0 aliphatic heterocycles. The molecule has 0 unspecified atom stereocenters. The van der Waals surface area contributed by atoms with Gasteiger partial charge in [0, 0.05) is 23.8 Å². The molecule has 0 heterocycles. The molecule has 2 nitrogen and oxygen atoms in total. The van der Waals surface area contributed by atoms with Gasteiger partial charge in [-0.05, 0) is 44.4 Å². The third-order valence-electron chi connectivity index (χ3n) is 3.06. The summed E-state index contributed by atoms with van der Waals surface area (Å²) < 4.78 is 0. The van der Waals surface area contributed by atoms with E-state index in [9.17, 15) is 0 Å². The van der Waals surface area contributed by atoms with Gasteiger partial charge in [-0.2, -0.15) is 0 Å². The summed E-state index contributed by atoms with van der Waals surface area (Å²) in [5.41, 5.74) is 9.26. The topological polar surface area (TPSA) is 29.3 Å². The molecule has 2 rings (SSSR count). The standard InChI is InChI=1S/C13H18N2S/c1-3-15(10-5-6-10)12-8-9(2)4-7-11(12)13(14)16/h4,7-8,10H,3,5-6H2,1-2H3,(H2,14,16). The van der Waals surface area contributed by atoms with Crippen LogP contribution in [0.4, 0.5) is 5.69 Å². The molecule has 0 spiro atoms. The molecule has 0 aromatic heterocycles. The van der Waals surface area contributed by atoms with Gasteiger partial charge >= 0.3 is 0 Å². The van der Waals surface area contributed by atoms with Gasteiger partial charge in [0.2, 0.25) is 0 Å². The molecule has 86 valence electrons. The van der Waals surface area contributed by atoms with Gasteiger partial charge in [-0.3, -0.25) is 0 Å². The average Bonchev–Trinajstić information content (AvgIpc) is 3.03. The molecule has 0 amide bonds. The number of benzene rings is 1. The molecule has 2 N–H and O–H groups in total. The second-order valence-corrected chi connectivity index (χ2v) is 4.84. The Balaban J connectivity index is 2.42. The monoisotopic (exact) mass is 234 g/mol. The van der Waals surface area contributed by atoms with E-state index in [4.69, 9.17) is 18.0 Å². The van der Waals surface area contributed by atoms with Gasteiger partial charge in [0.15, 0.2) is 0 Å². The van der Waals surface area contributed by atoms with E-state index < -0.39 is 0 Å². The highest BCUT2D eigenvalue weighted by Gasteiger charge is 2.29. The molecule has 16 heavy (non-hydrogen) atoms. The van der Waals surface area contributed by atoms with Crippen LogP contribution in [0.2, 0.25) is 0 Å². The van der Waals surface area contributed by atoms with E-state index in [1.807, 2.05) is 6.07 Å². The molecule has 1 fully saturated rings. The van der Waals surface area contributed by atoms with Gasteiger partial charge in [-0.15, -0.1) is 0 Å². The molecular weight excluding hydrogens is 216 g/mol. The van der Waals surface area contributed by atoms with Crippen LogP contribution in [-0.2, 0) is 0 Å². The molecule has 1 aromatic rings. The summed E-state index contributed by atoms with van der Waals surface area (Å²) in [6, 6.07) is 6.99. The van der Waals surface area contributed by atoms with Crippen LogP contribution in [-0.4, -0.2) is 17.6 Å². The van der Waals surface area contributed by atoms with Crippen molar-refractivity contribution in [2.75, 3.05) is 11.4 Å². The molecule has 1 aliphatic carbocycles. The summed E-state index contributed by atoms with van der Waals surface area (Å²) >= 11 is 5.12. The van der Waals surface area contributed by atoms with Gasteiger partial charge < -0.3 is 10.6 Å². The number of nitrogens with two attached hydrogens (primary N) is 1. The highest BCUT2D eigenvalue weighted by molar-refractivity contribution is 7.80. The van der Waals surface area contributed by atoms with Crippen LogP contribution >= 0.6 is 12.2 Å². The zero-order valence-corrected chi connectivity index (χ0v) is 10.7. The minimum atomic E-state index is 0.495. The van der Waals surface area contributed by atoms with Crippen molar-refractivity contribution in [1.82, 2.24) is 0 Å². The summed E-state index contributed by atoms with van der Waals surface area (Å²) in [6.45, 7) is 5.31. The summed E-state index contributed by atoms with van der Waals surface area (Å²) in [6.07, 6.45) is 2.58. The molecule has 1 aromatic carbocycles. The number of rotatable bonds is 4. The van der Waals surface area contributed by atoms with Crippen molar-refractivity contribution in [2.24, 2.45) is 5.73 Å². The summed E-state index contributed by atoms with van der Waals surface area (Å²) in [5.74, 6) is 0. The van der Waals surface area contributed by atoms with E-state index >= 15 is 0 Å². The number of hydrogen-bond donors (Lipinski definition) is 1. The normalized spacial score (nSPS) is 14.9. The van der Waals surface area contributed by atoms with Gasteiger partial charge in [0.25, 0.3) is 0 Å². The quantitative estimate of drug-likeness (QED) is 0.812. The van der Waals surface area contributed by atoms with Crippen molar-refractivity contribution in [2.45, 2.75) is 32.7 Å². The Labute approximate surface area is 102 Å². The fourth-order valence-corrected chi connectivity index (χ4v) is 2.27. The summed E-state index contributed by atoms with van der Waals surface area (Å²) in [5, 5.41) is 0. The molecule has 1 saturated carbocycles. The van der Waals surface area contributed by atoms with Crippen LogP contribution in [0.3, 0.4) is 0 Å². The van der Waals surface area contributed by atoms with Gasteiger partial charge in [-0.25, -0.2) is 0 Å². The van der Waals surface area contributed by atoms with Crippen molar-refractivity contribution >= 4 is 22.9 Å². The van der Waals surface area contributed by atoms with E-state index in [0.717, 1.165) is 12.1 Å². The van der Waals surface area contributed by atoms with Gasteiger partial charge in [-0.1, -0.05) is 18.3 Å². The van der Waals surface area contributed by atoms with Crippen molar-refractivity contribution in [3.63, 3.8) is 0 Å². The highest BCUT2D eigenvalue weighted by Crippen LogP contribution is 2.33. The second kappa shape index (κ2) is 4.42. The largest absolute Gasteiger partial charge is 0.389 e. The molecule has 0 radical (unpaired) electrons. The SMILES string of the molecule is CCN(c1cc(C)ccc1C(N)=S)C1CC1. The van der Waals surface area contributed by atoms with Gasteiger partial charge in [0.05, 0.1) is 0 Å². The second-order valence-electron chi connectivity index (χ2n) is 4.40. The van der Waals surface area contributed by atoms with E-state index in [2.05, 4.69) is 30.9 Å². The predicted octanol–water partition coefficient (Wildman–Crippen LogP) is 2.62. The summed E-state index contributed by atoms with van der Waals surface area (Å²) in [7, 11) is 0. The third kappa shape index (κ3) is 2.19. The van der Waals surface area contributed by atoms with E-state index in [1.54, 1.807) is 0 Å². The molecule has 0 bridgehead atoms. The maximum Gasteiger partial charge on any atom is 0.106 e. The molecule has 1 aliphatic rings. The van der Waals surface area contributed by atoms with Crippen LogP contribution < -0.4 is 10.6 Å². The Morgan fingerprint density at radius 2 is 2.19 bits per heavy atom. The smallest absolute Gasteiger partial charge is 0.106 e.